The number of hydroxylamine groups is 2. The Morgan fingerprint density at radius 2 is 1.92 bits per heavy atom. The second kappa shape index (κ2) is 4.85. The number of aliphatic hydroxyl groups excluding tert-OH is 2. The third-order valence-electron chi connectivity index (χ3n) is 2.10. The molecule has 4 N–H and O–H groups in total. The topological polar surface area (TPSA) is 93.4 Å². The quantitative estimate of drug-likeness (QED) is 0.428. The van der Waals surface area contributed by atoms with Crippen molar-refractivity contribution in [2.75, 3.05) is 13.2 Å². The number of ether oxygens (including phenoxy) is 1. The number of hydrogen-bond acceptors (Lipinski definition) is 6. The summed E-state index contributed by atoms with van der Waals surface area (Å²) in [5, 5.41) is 35.3. The van der Waals surface area contributed by atoms with E-state index in [9.17, 15) is 5.11 Å². The summed E-state index contributed by atoms with van der Waals surface area (Å²) in [4.78, 5) is 0. The zero-order chi connectivity index (χ0) is 9.84. The van der Waals surface area contributed by atoms with E-state index in [0.29, 0.717) is 12.8 Å². The van der Waals surface area contributed by atoms with Gasteiger partial charge in [-0.3, -0.25) is 10.4 Å². The minimum atomic E-state index is -0.824. The SMILES string of the molecule is OC1C[C@@H](CCN(O)O)OC[C@H]1O. The minimum absolute atomic E-state index is 0.0630. The summed E-state index contributed by atoms with van der Waals surface area (Å²) in [5.41, 5.74) is 0. The molecule has 0 aromatic heterocycles. The summed E-state index contributed by atoms with van der Waals surface area (Å²) in [5.74, 6) is 0. The number of hydrogen-bond donors (Lipinski definition) is 4. The van der Waals surface area contributed by atoms with E-state index in [4.69, 9.17) is 20.3 Å². The monoisotopic (exact) mass is 193 g/mol. The molecule has 1 unspecified atom stereocenters. The second-order valence-electron chi connectivity index (χ2n) is 3.21. The molecular weight excluding hydrogens is 178 g/mol. The van der Waals surface area contributed by atoms with Crippen molar-refractivity contribution in [2.24, 2.45) is 0 Å². The second-order valence-corrected chi connectivity index (χ2v) is 3.21. The van der Waals surface area contributed by atoms with Gasteiger partial charge in [-0.15, -0.1) is 0 Å². The van der Waals surface area contributed by atoms with E-state index in [0.717, 1.165) is 0 Å². The van der Waals surface area contributed by atoms with E-state index in [1.807, 2.05) is 0 Å². The molecule has 0 aliphatic carbocycles. The molecule has 0 spiro atoms. The predicted molar refractivity (Wildman–Crippen MR) is 41.3 cm³/mol. The Morgan fingerprint density at radius 1 is 1.23 bits per heavy atom. The van der Waals surface area contributed by atoms with Crippen LogP contribution in [0.1, 0.15) is 12.8 Å². The Hall–Kier alpha value is -0.240. The van der Waals surface area contributed by atoms with Crippen molar-refractivity contribution in [3.63, 3.8) is 0 Å². The van der Waals surface area contributed by atoms with E-state index in [2.05, 4.69) is 0 Å². The van der Waals surface area contributed by atoms with E-state index in [1.54, 1.807) is 0 Å². The Balaban J connectivity index is 2.21. The lowest BCUT2D eigenvalue weighted by molar-refractivity contribution is -0.309. The fourth-order valence-electron chi connectivity index (χ4n) is 1.30. The molecule has 78 valence electrons. The van der Waals surface area contributed by atoms with Gasteiger partial charge in [0.1, 0.15) is 6.10 Å². The van der Waals surface area contributed by atoms with Crippen LogP contribution in [-0.2, 0) is 4.74 Å². The van der Waals surface area contributed by atoms with Crippen LogP contribution in [0.2, 0.25) is 0 Å². The lowest BCUT2D eigenvalue weighted by atomic mass is 10.0. The van der Waals surface area contributed by atoms with Crippen LogP contribution in [0.25, 0.3) is 0 Å². The molecule has 0 radical (unpaired) electrons. The summed E-state index contributed by atoms with van der Waals surface area (Å²) < 4.78 is 5.15. The maximum absolute atomic E-state index is 9.24. The van der Waals surface area contributed by atoms with Crippen LogP contribution in [0.3, 0.4) is 0 Å². The molecule has 1 heterocycles. The van der Waals surface area contributed by atoms with E-state index in [-0.39, 0.29) is 24.5 Å². The van der Waals surface area contributed by atoms with Crippen molar-refractivity contribution in [1.82, 2.24) is 5.23 Å². The standard InChI is InChI=1S/C7H15NO5/c9-6-3-5(1-2-8(11)12)13-4-7(6)10/h5-7,9-12H,1-4H2/t5-,6?,7-/m1/s1. The smallest absolute Gasteiger partial charge is 0.103 e. The third-order valence-corrected chi connectivity index (χ3v) is 2.10. The van der Waals surface area contributed by atoms with Crippen LogP contribution in [-0.4, -0.2) is 57.3 Å². The highest BCUT2D eigenvalue weighted by Gasteiger charge is 2.28. The Labute approximate surface area is 75.9 Å². The van der Waals surface area contributed by atoms with Gasteiger partial charge in [-0.05, 0) is 6.42 Å². The molecule has 1 aliphatic heterocycles. The molecule has 1 saturated heterocycles. The zero-order valence-electron chi connectivity index (χ0n) is 7.20. The molecule has 6 nitrogen and oxygen atoms in total. The summed E-state index contributed by atoms with van der Waals surface area (Å²) in [6, 6.07) is 0. The fourth-order valence-corrected chi connectivity index (χ4v) is 1.30. The van der Waals surface area contributed by atoms with Crippen LogP contribution in [0.15, 0.2) is 0 Å². The Morgan fingerprint density at radius 3 is 2.46 bits per heavy atom. The first-order valence-electron chi connectivity index (χ1n) is 4.22. The first kappa shape index (κ1) is 10.8. The molecule has 0 amide bonds. The molecule has 13 heavy (non-hydrogen) atoms. The van der Waals surface area contributed by atoms with Gasteiger partial charge in [0.05, 0.1) is 25.4 Å². The number of aliphatic hydroxyl groups is 2. The van der Waals surface area contributed by atoms with Crippen molar-refractivity contribution >= 4 is 0 Å². The summed E-state index contributed by atoms with van der Waals surface area (Å²) in [7, 11) is 0. The molecule has 1 aliphatic rings. The Bertz CT molecular complexity index is 154. The highest BCUT2D eigenvalue weighted by atomic mass is 16.8. The third kappa shape index (κ3) is 3.55. The number of nitrogens with zero attached hydrogens (tertiary/aromatic N) is 1. The van der Waals surface area contributed by atoms with Crippen molar-refractivity contribution in [2.45, 2.75) is 31.2 Å². The molecule has 0 bridgehead atoms. The van der Waals surface area contributed by atoms with Crippen molar-refractivity contribution in [1.29, 1.82) is 0 Å². The van der Waals surface area contributed by atoms with Gasteiger partial charge in [0, 0.05) is 6.42 Å². The van der Waals surface area contributed by atoms with Gasteiger partial charge in [0.2, 0.25) is 0 Å². The molecule has 0 aromatic carbocycles. The maximum Gasteiger partial charge on any atom is 0.103 e. The van der Waals surface area contributed by atoms with Crippen molar-refractivity contribution in [3.8, 4) is 0 Å². The first-order valence-corrected chi connectivity index (χ1v) is 4.22. The van der Waals surface area contributed by atoms with E-state index >= 15 is 0 Å². The largest absolute Gasteiger partial charge is 0.390 e. The summed E-state index contributed by atoms with van der Waals surface area (Å²) in [6.45, 7) is 0.163. The van der Waals surface area contributed by atoms with Gasteiger partial charge in [-0.2, -0.15) is 0 Å². The van der Waals surface area contributed by atoms with Gasteiger partial charge in [0.25, 0.3) is 0 Å². The van der Waals surface area contributed by atoms with Crippen LogP contribution in [0.4, 0.5) is 0 Å². The first-order chi connectivity index (χ1) is 6.09. The van der Waals surface area contributed by atoms with Gasteiger partial charge >= 0.3 is 0 Å². The van der Waals surface area contributed by atoms with E-state index in [1.165, 1.54) is 0 Å². The van der Waals surface area contributed by atoms with Crippen molar-refractivity contribution in [3.05, 3.63) is 0 Å². The average molecular weight is 193 g/mol. The average Bonchev–Trinajstić information content (AvgIpc) is 2.07. The number of rotatable bonds is 3. The molecule has 0 aromatic rings. The van der Waals surface area contributed by atoms with Gasteiger partial charge in [0.15, 0.2) is 0 Å². The van der Waals surface area contributed by atoms with E-state index < -0.39 is 12.2 Å². The highest BCUT2D eigenvalue weighted by Crippen LogP contribution is 2.16. The lowest BCUT2D eigenvalue weighted by Crippen LogP contribution is -2.42. The molecule has 3 atom stereocenters. The lowest BCUT2D eigenvalue weighted by Gasteiger charge is -2.30. The normalized spacial score (nSPS) is 35.3. The summed E-state index contributed by atoms with van der Waals surface area (Å²) >= 11 is 0. The van der Waals surface area contributed by atoms with Gasteiger partial charge in [-0.25, -0.2) is 0 Å². The van der Waals surface area contributed by atoms with Gasteiger partial charge in [-0.1, -0.05) is 5.23 Å². The van der Waals surface area contributed by atoms with Crippen LogP contribution in [0.5, 0.6) is 0 Å². The molecule has 1 rings (SSSR count). The van der Waals surface area contributed by atoms with Crippen LogP contribution < -0.4 is 0 Å². The van der Waals surface area contributed by atoms with Gasteiger partial charge < -0.3 is 14.9 Å². The van der Waals surface area contributed by atoms with Crippen molar-refractivity contribution < 1.29 is 25.4 Å². The van der Waals surface area contributed by atoms with Crippen LogP contribution in [0, 0.1) is 0 Å². The summed E-state index contributed by atoms with van der Waals surface area (Å²) in [6.07, 6.45) is -1.08. The highest BCUT2D eigenvalue weighted by molar-refractivity contribution is 4.77. The molecular formula is C7H15NO5. The molecule has 6 heteroatoms. The predicted octanol–water partition coefficient (Wildman–Crippen LogP) is -1.03. The van der Waals surface area contributed by atoms with Crippen LogP contribution >= 0.6 is 0 Å². The fraction of sp³-hybridized carbons (Fsp3) is 1.00. The zero-order valence-corrected chi connectivity index (χ0v) is 7.20. The molecule has 1 fully saturated rings. The maximum atomic E-state index is 9.24. The Kier molecular flexibility index (Phi) is 4.04. The molecule has 0 saturated carbocycles. The minimum Gasteiger partial charge on any atom is -0.390 e.